The van der Waals surface area contributed by atoms with E-state index in [1.165, 1.54) is 19.2 Å². The van der Waals surface area contributed by atoms with Crippen LogP contribution in [0.2, 0.25) is 0 Å². The summed E-state index contributed by atoms with van der Waals surface area (Å²) in [5.74, 6) is -0.819. The number of hydrogen-bond acceptors (Lipinski definition) is 5. The van der Waals surface area contributed by atoms with E-state index in [0.29, 0.717) is 0 Å². The van der Waals surface area contributed by atoms with Crippen molar-refractivity contribution in [3.63, 3.8) is 0 Å². The van der Waals surface area contributed by atoms with Gasteiger partial charge in [0.15, 0.2) is 0 Å². The number of esters is 1. The van der Waals surface area contributed by atoms with E-state index in [4.69, 9.17) is 0 Å². The molecule has 0 aliphatic heterocycles. The normalized spacial score (nSPS) is 13.0. The maximum Gasteiger partial charge on any atom is 0.324 e. The van der Waals surface area contributed by atoms with Gasteiger partial charge in [0.05, 0.1) is 12.0 Å². The zero-order chi connectivity index (χ0) is 17.0. The van der Waals surface area contributed by atoms with Gasteiger partial charge in [-0.2, -0.15) is 16.1 Å². The molecule has 0 aliphatic rings. The largest absolute Gasteiger partial charge is 0.468 e. The molecule has 5 nitrogen and oxygen atoms in total. The smallest absolute Gasteiger partial charge is 0.324 e. The van der Waals surface area contributed by atoms with Crippen LogP contribution in [0.15, 0.2) is 46.0 Å². The zero-order valence-corrected chi connectivity index (χ0v) is 14.8. The van der Waals surface area contributed by atoms with E-state index < -0.39 is 22.0 Å². The molecule has 0 spiro atoms. The standard InChI is InChI=1S/C16H19NO4S2/c1-11(2)15(16(18)21-3)17-23(19,20)14-6-4-12(5-7-14)13-8-9-22-10-13/h4-11,15,17H,1-3H3/t15-/m1/s1. The molecule has 0 bridgehead atoms. The Balaban J connectivity index is 2.23. The van der Waals surface area contributed by atoms with Gasteiger partial charge < -0.3 is 4.74 Å². The molecule has 0 radical (unpaired) electrons. The van der Waals surface area contributed by atoms with Crippen molar-refractivity contribution in [3.05, 3.63) is 41.1 Å². The minimum absolute atomic E-state index is 0.117. The molecule has 124 valence electrons. The quantitative estimate of drug-likeness (QED) is 0.811. The molecule has 23 heavy (non-hydrogen) atoms. The molecule has 0 aliphatic carbocycles. The van der Waals surface area contributed by atoms with Gasteiger partial charge in [-0.15, -0.1) is 0 Å². The molecule has 1 aromatic carbocycles. The molecule has 1 atom stereocenters. The van der Waals surface area contributed by atoms with Crippen molar-refractivity contribution in [1.29, 1.82) is 0 Å². The molecule has 0 saturated carbocycles. The van der Waals surface area contributed by atoms with Gasteiger partial charge in [0, 0.05) is 0 Å². The maximum atomic E-state index is 12.4. The first-order valence-electron chi connectivity index (χ1n) is 7.08. The minimum atomic E-state index is -3.79. The van der Waals surface area contributed by atoms with Crippen molar-refractivity contribution >= 4 is 27.3 Å². The van der Waals surface area contributed by atoms with Gasteiger partial charge in [0.1, 0.15) is 6.04 Å². The van der Waals surface area contributed by atoms with Crippen molar-refractivity contribution in [2.24, 2.45) is 5.92 Å². The number of rotatable bonds is 6. The summed E-state index contributed by atoms with van der Waals surface area (Å²) in [6.07, 6.45) is 0. The van der Waals surface area contributed by atoms with Gasteiger partial charge in [-0.1, -0.05) is 26.0 Å². The summed E-state index contributed by atoms with van der Waals surface area (Å²) in [4.78, 5) is 11.8. The van der Waals surface area contributed by atoms with Crippen molar-refractivity contribution in [1.82, 2.24) is 4.72 Å². The second kappa shape index (κ2) is 7.25. The SMILES string of the molecule is COC(=O)[C@H](NS(=O)(=O)c1ccc(-c2ccsc2)cc1)C(C)C. The Hall–Kier alpha value is -1.70. The Kier molecular flexibility index (Phi) is 5.56. The van der Waals surface area contributed by atoms with E-state index in [-0.39, 0.29) is 10.8 Å². The van der Waals surface area contributed by atoms with Gasteiger partial charge >= 0.3 is 5.97 Å². The number of hydrogen-bond donors (Lipinski definition) is 1. The molecule has 1 heterocycles. The van der Waals surface area contributed by atoms with Crippen LogP contribution in [0.1, 0.15) is 13.8 Å². The highest BCUT2D eigenvalue weighted by molar-refractivity contribution is 7.89. The summed E-state index contributed by atoms with van der Waals surface area (Å²) < 4.78 is 32.0. The van der Waals surface area contributed by atoms with Crippen molar-refractivity contribution in [2.75, 3.05) is 7.11 Å². The van der Waals surface area contributed by atoms with Gasteiger partial charge in [0.25, 0.3) is 0 Å². The molecule has 0 unspecified atom stereocenters. The Labute approximate surface area is 140 Å². The lowest BCUT2D eigenvalue weighted by Crippen LogP contribution is -2.44. The van der Waals surface area contributed by atoms with Gasteiger partial charge in [-0.05, 0) is 46.0 Å². The first-order valence-corrected chi connectivity index (χ1v) is 9.50. The van der Waals surface area contributed by atoms with Gasteiger partial charge in [-0.3, -0.25) is 4.79 Å². The summed E-state index contributed by atoms with van der Waals surface area (Å²) in [5, 5.41) is 3.96. The van der Waals surface area contributed by atoms with Crippen LogP contribution in [-0.2, 0) is 19.6 Å². The summed E-state index contributed by atoms with van der Waals surface area (Å²) in [7, 11) is -2.56. The first-order chi connectivity index (χ1) is 10.8. The van der Waals surface area contributed by atoms with Crippen LogP contribution < -0.4 is 4.72 Å². The molecule has 0 fully saturated rings. The third-order valence-corrected chi connectivity index (χ3v) is 5.56. The lowest BCUT2D eigenvalue weighted by molar-refractivity contribution is -0.143. The van der Waals surface area contributed by atoms with Crippen LogP contribution in [0, 0.1) is 5.92 Å². The van der Waals surface area contributed by atoms with E-state index in [1.807, 2.05) is 16.8 Å². The Morgan fingerprint density at radius 1 is 1.13 bits per heavy atom. The Morgan fingerprint density at radius 3 is 2.26 bits per heavy atom. The number of carbonyl (C=O) groups is 1. The second-order valence-electron chi connectivity index (χ2n) is 5.40. The summed E-state index contributed by atoms with van der Waals surface area (Å²) in [5.41, 5.74) is 1.99. The molecule has 2 rings (SSSR count). The monoisotopic (exact) mass is 353 g/mol. The number of carbonyl (C=O) groups excluding carboxylic acids is 1. The number of methoxy groups -OCH3 is 1. The van der Waals surface area contributed by atoms with E-state index in [2.05, 4.69) is 9.46 Å². The summed E-state index contributed by atoms with van der Waals surface area (Å²) in [6, 6.07) is 7.62. The fourth-order valence-electron chi connectivity index (χ4n) is 2.07. The fourth-order valence-corrected chi connectivity index (χ4v) is 4.07. The van der Waals surface area contributed by atoms with Gasteiger partial charge in [0.2, 0.25) is 10.0 Å². The van der Waals surface area contributed by atoms with E-state index in [1.54, 1.807) is 37.3 Å². The third kappa shape index (κ3) is 4.19. The molecular weight excluding hydrogens is 334 g/mol. The van der Waals surface area contributed by atoms with Crippen molar-refractivity contribution in [2.45, 2.75) is 24.8 Å². The number of nitrogens with one attached hydrogen (secondary N) is 1. The fraction of sp³-hybridized carbons (Fsp3) is 0.312. The molecule has 0 saturated heterocycles. The molecule has 7 heteroatoms. The molecule has 0 amide bonds. The predicted octanol–water partition coefficient (Wildman–Crippen LogP) is 2.89. The summed E-state index contributed by atoms with van der Waals surface area (Å²) >= 11 is 1.58. The van der Waals surface area contributed by atoms with Gasteiger partial charge in [-0.25, -0.2) is 8.42 Å². The third-order valence-electron chi connectivity index (χ3n) is 3.42. The molecule has 2 aromatic rings. The number of thiophene rings is 1. The lowest BCUT2D eigenvalue weighted by Gasteiger charge is -2.19. The topological polar surface area (TPSA) is 72.5 Å². The summed E-state index contributed by atoms with van der Waals surface area (Å²) in [6.45, 7) is 3.51. The van der Waals surface area contributed by atoms with Crippen LogP contribution in [0.4, 0.5) is 0 Å². The number of benzene rings is 1. The van der Waals surface area contributed by atoms with E-state index in [9.17, 15) is 13.2 Å². The highest BCUT2D eigenvalue weighted by Crippen LogP contribution is 2.23. The van der Waals surface area contributed by atoms with E-state index in [0.717, 1.165) is 11.1 Å². The molecule has 1 N–H and O–H groups in total. The highest BCUT2D eigenvalue weighted by atomic mass is 32.2. The van der Waals surface area contributed by atoms with E-state index >= 15 is 0 Å². The lowest BCUT2D eigenvalue weighted by atomic mass is 10.1. The number of ether oxygens (including phenoxy) is 1. The molecular formula is C16H19NO4S2. The Bertz CT molecular complexity index is 750. The number of sulfonamides is 1. The average Bonchev–Trinajstić information content (AvgIpc) is 3.06. The van der Waals surface area contributed by atoms with Crippen molar-refractivity contribution < 1.29 is 17.9 Å². The average molecular weight is 353 g/mol. The highest BCUT2D eigenvalue weighted by Gasteiger charge is 2.29. The Morgan fingerprint density at radius 2 is 1.78 bits per heavy atom. The van der Waals surface area contributed by atoms with Crippen LogP contribution >= 0.6 is 11.3 Å². The zero-order valence-electron chi connectivity index (χ0n) is 13.1. The maximum absolute atomic E-state index is 12.4. The minimum Gasteiger partial charge on any atom is -0.468 e. The molecule has 1 aromatic heterocycles. The second-order valence-corrected chi connectivity index (χ2v) is 7.90. The van der Waals surface area contributed by atoms with Crippen LogP contribution in [0.5, 0.6) is 0 Å². The van der Waals surface area contributed by atoms with Crippen LogP contribution in [0.3, 0.4) is 0 Å². The predicted molar refractivity (Wildman–Crippen MR) is 90.7 cm³/mol. The van der Waals surface area contributed by atoms with Crippen LogP contribution in [-0.4, -0.2) is 27.5 Å². The van der Waals surface area contributed by atoms with Crippen LogP contribution in [0.25, 0.3) is 11.1 Å². The first kappa shape index (κ1) is 17.7. The van der Waals surface area contributed by atoms with Crippen molar-refractivity contribution in [3.8, 4) is 11.1 Å².